The zero-order valence-electron chi connectivity index (χ0n) is 18.9. The Balaban J connectivity index is 1.43. The van der Waals surface area contributed by atoms with Crippen molar-refractivity contribution in [2.24, 2.45) is 17.6 Å². The molecule has 1 aromatic heterocycles. The standard InChI is InChI=1S/C23H30N6O4S/c24-22(25)19-4-3-5-20(12-19)29-15-18(16-30)14-27(23(29)31)13-17-7-10-28(11-8-17)34(32,33)21-6-1-2-9-26-21/h1-6,9,12,17-18,30H,7-8,10-11,13-16H2,(H3,24,25). The first-order valence-electron chi connectivity index (χ1n) is 11.3. The Morgan fingerprint density at radius 3 is 2.53 bits per heavy atom. The van der Waals surface area contributed by atoms with Crippen molar-refractivity contribution < 1.29 is 18.3 Å². The summed E-state index contributed by atoms with van der Waals surface area (Å²) in [5.74, 6) is -0.0282. The minimum absolute atomic E-state index is 0.0482. The van der Waals surface area contributed by atoms with Gasteiger partial charge in [-0.2, -0.15) is 4.31 Å². The fourth-order valence-electron chi connectivity index (χ4n) is 4.56. The Morgan fingerprint density at radius 2 is 1.88 bits per heavy atom. The van der Waals surface area contributed by atoms with Crippen LogP contribution < -0.4 is 10.6 Å². The molecule has 0 bridgehead atoms. The number of piperidine rings is 1. The maximum atomic E-state index is 13.3. The smallest absolute Gasteiger partial charge is 0.324 e. The Labute approximate surface area is 199 Å². The number of carbonyl (C=O) groups is 1. The number of rotatable bonds is 7. The van der Waals surface area contributed by atoms with Crippen LogP contribution in [0.4, 0.5) is 10.5 Å². The first-order chi connectivity index (χ1) is 16.3. The molecule has 3 heterocycles. The van der Waals surface area contributed by atoms with Crippen molar-refractivity contribution in [1.82, 2.24) is 14.2 Å². The number of anilines is 1. The van der Waals surface area contributed by atoms with E-state index >= 15 is 0 Å². The van der Waals surface area contributed by atoms with Gasteiger partial charge in [-0.15, -0.1) is 0 Å². The number of sulfonamides is 1. The van der Waals surface area contributed by atoms with Crippen molar-refractivity contribution >= 4 is 27.6 Å². The van der Waals surface area contributed by atoms with Gasteiger partial charge in [0.25, 0.3) is 10.0 Å². The number of pyridine rings is 1. The molecule has 0 spiro atoms. The zero-order valence-corrected chi connectivity index (χ0v) is 19.7. The summed E-state index contributed by atoms with van der Waals surface area (Å²) in [6, 6.07) is 11.7. The van der Waals surface area contributed by atoms with Crippen molar-refractivity contribution in [3.8, 4) is 0 Å². The second-order valence-corrected chi connectivity index (χ2v) is 10.7. The number of carbonyl (C=O) groups excluding carboxylic acids is 1. The predicted molar refractivity (Wildman–Crippen MR) is 128 cm³/mol. The third-order valence-electron chi connectivity index (χ3n) is 6.44. The van der Waals surface area contributed by atoms with E-state index in [1.165, 1.54) is 16.6 Å². The van der Waals surface area contributed by atoms with Gasteiger partial charge in [0.1, 0.15) is 5.84 Å². The number of hydrogen-bond donors (Lipinski definition) is 3. The molecule has 1 aromatic carbocycles. The second-order valence-electron chi connectivity index (χ2n) is 8.83. The van der Waals surface area contributed by atoms with Crippen LogP contribution in [0.15, 0.2) is 53.7 Å². The molecular weight excluding hydrogens is 456 g/mol. The molecule has 4 N–H and O–H groups in total. The van der Waals surface area contributed by atoms with Crippen molar-refractivity contribution in [1.29, 1.82) is 5.41 Å². The quantitative estimate of drug-likeness (QED) is 0.398. The lowest BCUT2D eigenvalue weighted by atomic mass is 9.96. The highest BCUT2D eigenvalue weighted by Gasteiger charge is 2.36. The Bertz CT molecular complexity index is 1140. The number of benzene rings is 1. The molecule has 2 saturated heterocycles. The molecule has 11 heteroatoms. The first-order valence-corrected chi connectivity index (χ1v) is 12.8. The van der Waals surface area contributed by atoms with E-state index in [1.54, 1.807) is 46.2 Å². The molecule has 2 aliphatic heterocycles. The minimum Gasteiger partial charge on any atom is -0.396 e. The van der Waals surface area contributed by atoms with Gasteiger partial charge in [0.15, 0.2) is 5.03 Å². The summed E-state index contributed by atoms with van der Waals surface area (Å²) in [4.78, 5) is 20.7. The molecule has 1 atom stereocenters. The van der Waals surface area contributed by atoms with Crippen molar-refractivity contribution in [2.75, 3.05) is 44.2 Å². The minimum atomic E-state index is -3.63. The highest BCUT2D eigenvalue weighted by molar-refractivity contribution is 7.89. The molecule has 0 saturated carbocycles. The average Bonchev–Trinajstić information content (AvgIpc) is 2.86. The Morgan fingerprint density at radius 1 is 1.12 bits per heavy atom. The number of nitrogens with two attached hydrogens (primary N) is 1. The van der Waals surface area contributed by atoms with Crippen molar-refractivity contribution in [2.45, 2.75) is 17.9 Å². The number of aliphatic hydroxyl groups is 1. The van der Waals surface area contributed by atoms with E-state index < -0.39 is 10.0 Å². The molecule has 10 nitrogen and oxygen atoms in total. The average molecular weight is 487 g/mol. The second kappa shape index (κ2) is 10.1. The van der Waals surface area contributed by atoms with Crippen LogP contribution >= 0.6 is 0 Å². The molecule has 2 aliphatic rings. The number of amides is 2. The van der Waals surface area contributed by atoms with E-state index in [0.717, 1.165) is 0 Å². The molecule has 2 aromatic rings. The molecular formula is C23H30N6O4S. The summed E-state index contributed by atoms with van der Waals surface area (Å²) in [6.07, 6.45) is 2.75. The number of nitrogens with zero attached hydrogens (tertiary/aromatic N) is 4. The van der Waals surface area contributed by atoms with E-state index in [4.69, 9.17) is 11.1 Å². The van der Waals surface area contributed by atoms with Crippen LogP contribution in [0.5, 0.6) is 0 Å². The highest BCUT2D eigenvalue weighted by atomic mass is 32.2. The van der Waals surface area contributed by atoms with Crippen LogP contribution in [0.3, 0.4) is 0 Å². The van der Waals surface area contributed by atoms with E-state index in [9.17, 15) is 18.3 Å². The van der Waals surface area contributed by atoms with Gasteiger partial charge in [0, 0.05) is 62.7 Å². The van der Waals surface area contributed by atoms with Gasteiger partial charge in [0.05, 0.1) is 0 Å². The van der Waals surface area contributed by atoms with Gasteiger partial charge < -0.3 is 15.7 Å². The largest absolute Gasteiger partial charge is 0.396 e. The van der Waals surface area contributed by atoms with Gasteiger partial charge in [0.2, 0.25) is 0 Å². The fourth-order valence-corrected chi connectivity index (χ4v) is 5.96. The molecule has 0 radical (unpaired) electrons. The van der Waals surface area contributed by atoms with Gasteiger partial charge in [-0.3, -0.25) is 10.3 Å². The molecule has 2 fully saturated rings. The monoisotopic (exact) mass is 486 g/mol. The van der Waals surface area contributed by atoms with Gasteiger partial charge in [-0.05, 0) is 43.0 Å². The zero-order chi connectivity index (χ0) is 24.3. The van der Waals surface area contributed by atoms with Gasteiger partial charge >= 0.3 is 6.03 Å². The van der Waals surface area contributed by atoms with E-state index in [0.29, 0.717) is 56.8 Å². The lowest BCUT2D eigenvalue weighted by Crippen LogP contribution is -2.56. The number of amidine groups is 1. The summed E-state index contributed by atoms with van der Waals surface area (Å²) in [5, 5.41) is 17.6. The summed E-state index contributed by atoms with van der Waals surface area (Å²) in [5.41, 5.74) is 6.78. The van der Waals surface area contributed by atoms with Gasteiger partial charge in [-0.1, -0.05) is 18.2 Å². The number of aromatic nitrogens is 1. The third kappa shape index (κ3) is 5.06. The van der Waals surface area contributed by atoms with E-state index in [2.05, 4.69) is 4.98 Å². The molecule has 1 unspecified atom stereocenters. The Kier molecular flexibility index (Phi) is 7.15. The topological polar surface area (TPSA) is 144 Å². The number of nitrogens with one attached hydrogen (secondary N) is 1. The first kappa shape index (κ1) is 24.1. The number of urea groups is 1. The summed E-state index contributed by atoms with van der Waals surface area (Å²) < 4.78 is 27.1. The molecule has 0 aliphatic carbocycles. The van der Waals surface area contributed by atoms with E-state index in [1.807, 2.05) is 0 Å². The molecule has 4 rings (SSSR count). The number of nitrogen functional groups attached to an aromatic ring is 1. The SMILES string of the molecule is N=C(N)c1cccc(N2CC(CO)CN(CC3CCN(S(=O)(=O)c4ccccn4)CC3)C2=O)c1. The summed E-state index contributed by atoms with van der Waals surface area (Å²) in [6.45, 7) is 2.03. The van der Waals surface area contributed by atoms with Crippen LogP contribution in [0, 0.1) is 17.2 Å². The van der Waals surface area contributed by atoms with Crippen LogP contribution in [-0.4, -0.2) is 78.9 Å². The van der Waals surface area contributed by atoms with E-state index in [-0.39, 0.29) is 35.3 Å². The summed E-state index contributed by atoms with van der Waals surface area (Å²) in [7, 11) is -3.63. The molecule has 2 amide bonds. The maximum absolute atomic E-state index is 13.3. The highest BCUT2D eigenvalue weighted by Crippen LogP contribution is 2.28. The lowest BCUT2D eigenvalue weighted by Gasteiger charge is -2.42. The van der Waals surface area contributed by atoms with Crippen LogP contribution in [0.1, 0.15) is 18.4 Å². The van der Waals surface area contributed by atoms with Gasteiger partial charge in [-0.25, -0.2) is 18.2 Å². The number of aliphatic hydroxyl groups excluding tert-OH is 1. The normalized spacial score (nSPS) is 20.5. The third-order valence-corrected chi connectivity index (χ3v) is 8.26. The molecule has 182 valence electrons. The summed E-state index contributed by atoms with van der Waals surface area (Å²) >= 11 is 0. The van der Waals surface area contributed by atoms with Crippen molar-refractivity contribution in [3.63, 3.8) is 0 Å². The lowest BCUT2D eigenvalue weighted by molar-refractivity contribution is 0.128. The maximum Gasteiger partial charge on any atom is 0.324 e. The predicted octanol–water partition coefficient (Wildman–Crippen LogP) is 1.32. The van der Waals surface area contributed by atoms with Crippen LogP contribution in [0.25, 0.3) is 0 Å². The molecule has 34 heavy (non-hydrogen) atoms. The fraction of sp³-hybridized carbons (Fsp3) is 0.435. The van der Waals surface area contributed by atoms with Crippen LogP contribution in [0.2, 0.25) is 0 Å². The van der Waals surface area contributed by atoms with Crippen molar-refractivity contribution in [3.05, 3.63) is 54.2 Å². The number of hydrogen-bond acceptors (Lipinski definition) is 6. The Hall–Kier alpha value is -3.02. The van der Waals surface area contributed by atoms with Crippen LogP contribution in [-0.2, 0) is 10.0 Å².